The van der Waals surface area contributed by atoms with Crippen LogP contribution in [0.4, 0.5) is 4.39 Å². The van der Waals surface area contributed by atoms with E-state index in [1.165, 1.54) is 12.1 Å². The van der Waals surface area contributed by atoms with Gasteiger partial charge in [-0.2, -0.15) is 0 Å². The molecule has 0 radical (unpaired) electrons. The fourth-order valence-electron chi connectivity index (χ4n) is 1.38. The van der Waals surface area contributed by atoms with E-state index in [0.717, 1.165) is 6.26 Å². The third-order valence-electron chi connectivity index (χ3n) is 2.19. The van der Waals surface area contributed by atoms with Crippen LogP contribution in [0.1, 0.15) is 18.5 Å². The first-order valence-electron chi connectivity index (χ1n) is 4.78. The summed E-state index contributed by atoms with van der Waals surface area (Å²) in [5, 5.41) is 0. The second kappa shape index (κ2) is 4.90. The van der Waals surface area contributed by atoms with Gasteiger partial charge in [0.05, 0.1) is 6.26 Å². The average molecular weight is 246 g/mol. The first-order chi connectivity index (χ1) is 7.29. The van der Waals surface area contributed by atoms with E-state index in [1.807, 2.05) is 0 Å². The van der Waals surface area contributed by atoms with Crippen LogP contribution in [0, 0.1) is 5.82 Å². The number of hydrogen-bond acceptors (Lipinski definition) is 3. The molecular formula is C10H15FN2O2S. The summed E-state index contributed by atoms with van der Waals surface area (Å²) in [6.07, 6.45) is 1.07. The van der Waals surface area contributed by atoms with Gasteiger partial charge in [0.1, 0.15) is 5.82 Å². The molecule has 2 atom stereocenters. The summed E-state index contributed by atoms with van der Waals surface area (Å²) in [6, 6.07) is 4.72. The summed E-state index contributed by atoms with van der Waals surface area (Å²) in [4.78, 5) is 0. The lowest BCUT2D eigenvalue weighted by molar-refractivity contribution is 0.518. The van der Waals surface area contributed by atoms with Crippen molar-refractivity contribution in [1.29, 1.82) is 0 Å². The van der Waals surface area contributed by atoms with Crippen molar-refractivity contribution < 1.29 is 12.8 Å². The molecule has 0 bridgehead atoms. The molecule has 0 amide bonds. The topological polar surface area (TPSA) is 72.2 Å². The van der Waals surface area contributed by atoms with Crippen molar-refractivity contribution in [1.82, 2.24) is 4.72 Å². The fraction of sp³-hybridized carbons (Fsp3) is 0.400. The highest BCUT2D eigenvalue weighted by Crippen LogP contribution is 2.14. The number of nitrogens with one attached hydrogen (secondary N) is 1. The van der Waals surface area contributed by atoms with Gasteiger partial charge in [-0.05, 0) is 24.6 Å². The van der Waals surface area contributed by atoms with Gasteiger partial charge in [-0.25, -0.2) is 17.5 Å². The van der Waals surface area contributed by atoms with Crippen molar-refractivity contribution >= 4 is 10.0 Å². The van der Waals surface area contributed by atoms with Crippen molar-refractivity contribution in [3.05, 3.63) is 35.6 Å². The van der Waals surface area contributed by atoms with Crippen molar-refractivity contribution in [2.24, 2.45) is 5.73 Å². The van der Waals surface area contributed by atoms with Crippen LogP contribution in [-0.4, -0.2) is 20.7 Å². The summed E-state index contributed by atoms with van der Waals surface area (Å²) in [5.41, 5.74) is 6.53. The fourth-order valence-corrected chi connectivity index (χ4v) is 2.21. The predicted octanol–water partition coefficient (Wildman–Crippen LogP) is 0.763. The molecule has 0 fully saturated rings. The lowest BCUT2D eigenvalue weighted by Gasteiger charge is -2.20. The molecular weight excluding hydrogens is 231 g/mol. The van der Waals surface area contributed by atoms with E-state index in [1.54, 1.807) is 19.1 Å². The van der Waals surface area contributed by atoms with E-state index in [9.17, 15) is 12.8 Å². The first-order valence-corrected chi connectivity index (χ1v) is 6.67. The van der Waals surface area contributed by atoms with Crippen molar-refractivity contribution in [3.8, 4) is 0 Å². The van der Waals surface area contributed by atoms with Crippen LogP contribution in [0.15, 0.2) is 24.3 Å². The zero-order valence-corrected chi connectivity index (χ0v) is 9.96. The Hall–Kier alpha value is -0.980. The molecule has 0 saturated carbocycles. The van der Waals surface area contributed by atoms with Crippen LogP contribution >= 0.6 is 0 Å². The predicted molar refractivity (Wildman–Crippen MR) is 60.8 cm³/mol. The van der Waals surface area contributed by atoms with Gasteiger partial charge in [0.15, 0.2) is 0 Å². The molecule has 0 aliphatic rings. The summed E-state index contributed by atoms with van der Waals surface area (Å²) in [6.45, 7) is 1.66. The number of hydrogen-bond donors (Lipinski definition) is 2. The van der Waals surface area contributed by atoms with Crippen molar-refractivity contribution in [3.63, 3.8) is 0 Å². The number of rotatable bonds is 4. The molecule has 0 aromatic heterocycles. The van der Waals surface area contributed by atoms with E-state index in [0.29, 0.717) is 5.56 Å². The van der Waals surface area contributed by atoms with E-state index in [4.69, 9.17) is 5.73 Å². The number of nitrogens with two attached hydrogens (primary N) is 1. The molecule has 3 N–H and O–H groups in total. The molecule has 2 unspecified atom stereocenters. The zero-order chi connectivity index (χ0) is 12.3. The molecule has 1 aromatic carbocycles. The molecule has 90 valence electrons. The Bertz CT molecular complexity index is 444. The first kappa shape index (κ1) is 13.1. The summed E-state index contributed by atoms with van der Waals surface area (Å²) in [5.74, 6) is -0.348. The van der Waals surface area contributed by atoms with Gasteiger partial charge in [0, 0.05) is 12.1 Å². The minimum Gasteiger partial charge on any atom is -0.323 e. The lowest BCUT2D eigenvalue weighted by atomic mass is 10.0. The highest BCUT2D eigenvalue weighted by atomic mass is 32.2. The van der Waals surface area contributed by atoms with Crippen molar-refractivity contribution in [2.45, 2.75) is 19.0 Å². The number of benzene rings is 1. The third-order valence-corrected chi connectivity index (χ3v) is 2.99. The van der Waals surface area contributed by atoms with Crippen LogP contribution in [0.3, 0.4) is 0 Å². The normalized spacial score (nSPS) is 15.8. The molecule has 16 heavy (non-hydrogen) atoms. The molecule has 0 aliphatic carbocycles. The average Bonchev–Trinajstić information content (AvgIpc) is 2.15. The maximum absolute atomic E-state index is 12.7. The SMILES string of the molecule is CC(NS(C)(=O)=O)C(N)c1ccc(F)cc1. The zero-order valence-electron chi connectivity index (χ0n) is 9.14. The lowest BCUT2D eigenvalue weighted by Crippen LogP contribution is -2.39. The Balaban J connectivity index is 2.78. The molecule has 0 heterocycles. The monoisotopic (exact) mass is 246 g/mol. The van der Waals surface area contributed by atoms with Gasteiger partial charge in [-0.15, -0.1) is 0 Å². The van der Waals surface area contributed by atoms with Crippen LogP contribution in [-0.2, 0) is 10.0 Å². The quantitative estimate of drug-likeness (QED) is 0.824. The molecule has 1 rings (SSSR count). The van der Waals surface area contributed by atoms with Gasteiger partial charge in [0.2, 0.25) is 10.0 Å². The van der Waals surface area contributed by atoms with Gasteiger partial charge < -0.3 is 5.73 Å². The van der Waals surface area contributed by atoms with Gasteiger partial charge in [0.25, 0.3) is 0 Å². The molecule has 0 aliphatic heterocycles. The van der Waals surface area contributed by atoms with Crippen molar-refractivity contribution in [2.75, 3.05) is 6.26 Å². The Labute approximate surface area is 94.7 Å². The number of sulfonamides is 1. The minimum absolute atomic E-state index is 0.348. The maximum atomic E-state index is 12.7. The highest BCUT2D eigenvalue weighted by Gasteiger charge is 2.17. The Kier molecular flexibility index (Phi) is 4.01. The second-order valence-electron chi connectivity index (χ2n) is 3.76. The van der Waals surface area contributed by atoms with Gasteiger partial charge >= 0.3 is 0 Å². The number of halogens is 1. The smallest absolute Gasteiger partial charge is 0.209 e. The molecule has 0 spiro atoms. The maximum Gasteiger partial charge on any atom is 0.209 e. The second-order valence-corrected chi connectivity index (χ2v) is 5.54. The standard InChI is InChI=1S/C10H15FN2O2S/c1-7(13-16(2,14)15)10(12)8-3-5-9(11)6-4-8/h3-7,10,13H,12H2,1-2H3. The Morgan fingerprint density at radius 1 is 1.31 bits per heavy atom. The summed E-state index contributed by atoms with van der Waals surface area (Å²) < 4.78 is 37.1. The highest BCUT2D eigenvalue weighted by molar-refractivity contribution is 7.88. The molecule has 0 saturated heterocycles. The van der Waals surface area contributed by atoms with Crippen LogP contribution < -0.4 is 10.5 Å². The summed E-state index contributed by atoms with van der Waals surface area (Å²) >= 11 is 0. The van der Waals surface area contributed by atoms with Gasteiger partial charge in [-0.3, -0.25) is 0 Å². The third kappa shape index (κ3) is 3.88. The van der Waals surface area contributed by atoms with E-state index in [2.05, 4.69) is 4.72 Å². The molecule has 1 aromatic rings. The van der Waals surface area contributed by atoms with Crippen LogP contribution in [0.5, 0.6) is 0 Å². The molecule has 6 heteroatoms. The Morgan fingerprint density at radius 2 is 1.81 bits per heavy atom. The van der Waals surface area contributed by atoms with E-state index in [-0.39, 0.29) is 5.82 Å². The largest absolute Gasteiger partial charge is 0.323 e. The molecule has 4 nitrogen and oxygen atoms in total. The van der Waals surface area contributed by atoms with Crippen LogP contribution in [0.2, 0.25) is 0 Å². The van der Waals surface area contributed by atoms with Gasteiger partial charge in [-0.1, -0.05) is 12.1 Å². The minimum atomic E-state index is -3.29. The summed E-state index contributed by atoms with van der Waals surface area (Å²) in [7, 11) is -3.29. The van der Waals surface area contributed by atoms with E-state index < -0.39 is 22.1 Å². The van der Waals surface area contributed by atoms with Crippen LogP contribution in [0.25, 0.3) is 0 Å². The Morgan fingerprint density at radius 3 is 2.25 bits per heavy atom. The van der Waals surface area contributed by atoms with E-state index >= 15 is 0 Å².